The van der Waals surface area contributed by atoms with Crippen LogP contribution in [0, 0.1) is 0 Å². The Morgan fingerprint density at radius 2 is 1.95 bits per heavy atom. The highest BCUT2D eigenvalue weighted by Crippen LogP contribution is 2.33. The number of carbonyl (C=O) groups excluding carboxylic acids is 1. The summed E-state index contributed by atoms with van der Waals surface area (Å²) in [5.74, 6) is 0. The predicted molar refractivity (Wildman–Crippen MR) is 73.2 cm³/mol. The Bertz CT molecular complexity index is 439. The molecule has 5 heteroatoms. The molecule has 1 aliphatic rings. The molecule has 4 nitrogen and oxygen atoms in total. The van der Waals surface area contributed by atoms with Crippen molar-refractivity contribution < 1.29 is 14.6 Å². The van der Waals surface area contributed by atoms with Crippen molar-refractivity contribution in [3.8, 4) is 0 Å². The molecule has 1 aromatic carbocycles. The number of likely N-dealkylation sites (tertiary alicyclic amines) is 1. The van der Waals surface area contributed by atoms with Gasteiger partial charge in [-0.1, -0.05) is 23.7 Å². The van der Waals surface area contributed by atoms with Gasteiger partial charge < -0.3 is 14.7 Å². The first-order chi connectivity index (χ1) is 9.05. The van der Waals surface area contributed by atoms with Crippen LogP contribution < -0.4 is 0 Å². The van der Waals surface area contributed by atoms with Gasteiger partial charge in [0, 0.05) is 18.1 Å². The molecular formula is C14H18ClNO3. The first-order valence-electron chi connectivity index (χ1n) is 6.45. The fraction of sp³-hybridized carbons (Fsp3) is 0.500. The zero-order chi connectivity index (χ0) is 13.9. The number of carbonyl (C=O) groups is 1. The van der Waals surface area contributed by atoms with E-state index in [2.05, 4.69) is 0 Å². The number of ether oxygens (including phenoxy) is 1. The van der Waals surface area contributed by atoms with Crippen LogP contribution in [0.15, 0.2) is 24.3 Å². The van der Waals surface area contributed by atoms with Crippen molar-refractivity contribution >= 4 is 17.7 Å². The molecule has 0 unspecified atom stereocenters. The zero-order valence-electron chi connectivity index (χ0n) is 10.9. The van der Waals surface area contributed by atoms with Crippen molar-refractivity contribution in [2.24, 2.45) is 0 Å². The van der Waals surface area contributed by atoms with Gasteiger partial charge in [-0.15, -0.1) is 0 Å². The van der Waals surface area contributed by atoms with Crippen molar-refractivity contribution in [2.45, 2.75) is 25.4 Å². The van der Waals surface area contributed by atoms with Crippen molar-refractivity contribution in [3.05, 3.63) is 34.9 Å². The Morgan fingerprint density at radius 3 is 2.47 bits per heavy atom. The molecular weight excluding hydrogens is 266 g/mol. The van der Waals surface area contributed by atoms with Crippen LogP contribution in [0.1, 0.15) is 25.3 Å². The van der Waals surface area contributed by atoms with Gasteiger partial charge in [0.2, 0.25) is 0 Å². The Kier molecular flexibility index (Phi) is 4.32. The third-order valence-electron chi connectivity index (χ3n) is 3.50. The van der Waals surface area contributed by atoms with Crippen molar-refractivity contribution in [3.63, 3.8) is 0 Å². The Balaban J connectivity index is 2.01. The number of amides is 1. The minimum atomic E-state index is -0.881. The van der Waals surface area contributed by atoms with Crippen molar-refractivity contribution in [1.29, 1.82) is 0 Å². The summed E-state index contributed by atoms with van der Waals surface area (Å²) in [4.78, 5) is 13.2. The third-order valence-corrected chi connectivity index (χ3v) is 3.75. The van der Waals surface area contributed by atoms with Crippen LogP contribution >= 0.6 is 11.6 Å². The molecule has 1 saturated heterocycles. The fourth-order valence-electron chi connectivity index (χ4n) is 2.32. The van der Waals surface area contributed by atoms with Gasteiger partial charge in [0.05, 0.1) is 12.2 Å². The number of hydrogen-bond donors (Lipinski definition) is 1. The maximum absolute atomic E-state index is 11.6. The second kappa shape index (κ2) is 5.80. The van der Waals surface area contributed by atoms with Gasteiger partial charge in [0.1, 0.15) is 0 Å². The van der Waals surface area contributed by atoms with Gasteiger partial charge in [-0.2, -0.15) is 0 Å². The maximum atomic E-state index is 11.6. The number of nitrogens with zero attached hydrogens (tertiary/aromatic N) is 1. The average Bonchev–Trinajstić information content (AvgIpc) is 2.40. The molecule has 0 aliphatic carbocycles. The second-order valence-electron chi connectivity index (χ2n) is 4.72. The van der Waals surface area contributed by atoms with Gasteiger partial charge in [-0.3, -0.25) is 0 Å². The molecule has 0 radical (unpaired) electrons. The number of hydrogen-bond acceptors (Lipinski definition) is 3. The summed E-state index contributed by atoms with van der Waals surface area (Å²) in [6.07, 6.45) is 0.710. The minimum absolute atomic E-state index is 0.305. The highest BCUT2D eigenvalue weighted by Gasteiger charge is 2.35. The van der Waals surface area contributed by atoms with E-state index in [0.29, 0.717) is 37.6 Å². The standard InChI is InChI=1S/C14H18ClNO3/c1-2-19-13(17)16-9-7-14(18,8-10-16)11-3-5-12(15)6-4-11/h3-6,18H,2,7-10H2,1H3. The van der Waals surface area contributed by atoms with Crippen LogP contribution in [0.4, 0.5) is 4.79 Å². The lowest BCUT2D eigenvalue weighted by molar-refractivity contribution is -0.0244. The average molecular weight is 284 g/mol. The Hall–Kier alpha value is -1.26. The monoisotopic (exact) mass is 283 g/mol. The number of benzene rings is 1. The maximum Gasteiger partial charge on any atom is 0.409 e. The van der Waals surface area contributed by atoms with E-state index in [1.54, 1.807) is 24.0 Å². The molecule has 0 spiro atoms. The molecule has 1 amide bonds. The molecule has 2 rings (SSSR count). The van der Waals surface area contributed by atoms with Crippen molar-refractivity contribution in [1.82, 2.24) is 4.90 Å². The molecule has 0 aromatic heterocycles. The lowest BCUT2D eigenvalue weighted by Gasteiger charge is -2.38. The van der Waals surface area contributed by atoms with E-state index in [1.165, 1.54) is 0 Å². The van der Waals surface area contributed by atoms with E-state index in [1.807, 2.05) is 12.1 Å². The molecule has 0 atom stereocenters. The quantitative estimate of drug-likeness (QED) is 0.908. The molecule has 1 aliphatic heterocycles. The predicted octanol–water partition coefficient (Wildman–Crippen LogP) is 2.78. The summed E-state index contributed by atoms with van der Waals surface area (Å²) in [5.41, 5.74) is -0.0338. The molecule has 104 valence electrons. The molecule has 1 N–H and O–H groups in total. The fourth-order valence-corrected chi connectivity index (χ4v) is 2.45. The summed E-state index contributed by atoms with van der Waals surface area (Å²) in [6.45, 7) is 3.15. The molecule has 0 bridgehead atoms. The topological polar surface area (TPSA) is 49.8 Å². The van der Waals surface area contributed by atoms with Gasteiger partial charge in [0.25, 0.3) is 0 Å². The van der Waals surface area contributed by atoms with Gasteiger partial charge in [0.15, 0.2) is 0 Å². The Morgan fingerprint density at radius 1 is 1.37 bits per heavy atom. The van der Waals surface area contributed by atoms with Crippen molar-refractivity contribution in [2.75, 3.05) is 19.7 Å². The Labute approximate surface area is 117 Å². The first kappa shape index (κ1) is 14.2. The smallest absolute Gasteiger partial charge is 0.409 e. The summed E-state index contributed by atoms with van der Waals surface area (Å²) in [6, 6.07) is 7.21. The number of rotatable bonds is 2. The van der Waals surface area contributed by atoms with Gasteiger partial charge in [-0.05, 0) is 37.5 Å². The lowest BCUT2D eigenvalue weighted by atomic mass is 9.84. The van der Waals surface area contributed by atoms with Crippen LogP contribution in [0.5, 0.6) is 0 Å². The minimum Gasteiger partial charge on any atom is -0.450 e. The number of piperidine rings is 1. The van der Waals surface area contributed by atoms with Crippen LogP contribution in [0.2, 0.25) is 5.02 Å². The molecule has 1 fully saturated rings. The van der Waals surface area contributed by atoms with E-state index in [0.717, 1.165) is 5.56 Å². The first-order valence-corrected chi connectivity index (χ1v) is 6.83. The van der Waals surface area contributed by atoms with E-state index in [-0.39, 0.29) is 6.09 Å². The molecule has 0 saturated carbocycles. The zero-order valence-corrected chi connectivity index (χ0v) is 11.7. The SMILES string of the molecule is CCOC(=O)N1CCC(O)(c2ccc(Cl)cc2)CC1. The lowest BCUT2D eigenvalue weighted by Crippen LogP contribution is -2.45. The van der Waals surface area contributed by atoms with E-state index in [4.69, 9.17) is 16.3 Å². The van der Waals surface area contributed by atoms with E-state index >= 15 is 0 Å². The highest BCUT2D eigenvalue weighted by molar-refractivity contribution is 6.30. The summed E-state index contributed by atoms with van der Waals surface area (Å²) < 4.78 is 4.96. The molecule has 1 aromatic rings. The third kappa shape index (κ3) is 3.19. The summed E-state index contributed by atoms with van der Waals surface area (Å²) in [5, 5.41) is 11.3. The van der Waals surface area contributed by atoms with Gasteiger partial charge in [-0.25, -0.2) is 4.79 Å². The van der Waals surface area contributed by atoms with Crippen LogP contribution in [0.25, 0.3) is 0 Å². The van der Waals surface area contributed by atoms with Crippen LogP contribution in [-0.4, -0.2) is 35.8 Å². The summed E-state index contributed by atoms with van der Waals surface area (Å²) >= 11 is 5.84. The normalized spacial score (nSPS) is 18.2. The summed E-state index contributed by atoms with van der Waals surface area (Å²) in [7, 11) is 0. The molecule has 19 heavy (non-hydrogen) atoms. The van der Waals surface area contributed by atoms with Crippen LogP contribution in [0.3, 0.4) is 0 Å². The molecule has 1 heterocycles. The van der Waals surface area contributed by atoms with E-state index in [9.17, 15) is 9.90 Å². The number of halogens is 1. The van der Waals surface area contributed by atoms with Crippen LogP contribution in [-0.2, 0) is 10.3 Å². The number of aliphatic hydroxyl groups is 1. The second-order valence-corrected chi connectivity index (χ2v) is 5.16. The highest BCUT2D eigenvalue weighted by atomic mass is 35.5. The van der Waals surface area contributed by atoms with E-state index < -0.39 is 5.60 Å². The largest absolute Gasteiger partial charge is 0.450 e. The van der Waals surface area contributed by atoms with Gasteiger partial charge >= 0.3 is 6.09 Å².